The fourth-order valence-electron chi connectivity index (χ4n) is 2.21. The van der Waals surface area contributed by atoms with E-state index in [1.807, 2.05) is 17.7 Å². The number of aromatic nitrogens is 2. The lowest BCUT2D eigenvalue weighted by molar-refractivity contribution is 0.534. The molecule has 1 atom stereocenters. The Bertz CT molecular complexity index is 585. The minimum atomic E-state index is -0.211. The summed E-state index contributed by atoms with van der Waals surface area (Å²) in [7, 11) is 0. The van der Waals surface area contributed by atoms with E-state index in [0.29, 0.717) is 0 Å². The number of rotatable bonds is 7. The molecule has 1 aromatic heterocycles. The summed E-state index contributed by atoms with van der Waals surface area (Å²) in [5.41, 5.74) is 5.02. The Morgan fingerprint density at radius 2 is 2.24 bits per heavy atom. The van der Waals surface area contributed by atoms with Gasteiger partial charge >= 0.3 is 0 Å². The van der Waals surface area contributed by atoms with Crippen LogP contribution in [0.2, 0.25) is 0 Å². The first-order valence-corrected chi connectivity index (χ1v) is 7.98. The minimum absolute atomic E-state index is 0.111. The molecule has 0 aliphatic rings. The molecular weight excluding hydrogens is 287 g/mol. The largest absolute Gasteiger partial charge is 0.271 e. The van der Waals surface area contributed by atoms with E-state index in [-0.39, 0.29) is 11.9 Å². The molecule has 0 saturated heterocycles. The minimum Gasteiger partial charge on any atom is -0.271 e. The van der Waals surface area contributed by atoms with Gasteiger partial charge < -0.3 is 0 Å². The van der Waals surface area contributed by atoms with Gasteiger partial charge in [0.05, 0.1) is 5.69 Å². The Morgan fingerprint density at radius 3 is 2.90 bits per heavy atom. The fraction of sp³-hybridized carbons (Fsp3) is 0.400. The van der Waals surface area contributed by atoms with Gasteiger partial charge in [-0.2, -0.15) is 5.10 Å². The molecule has 2 rings (SSSR count). The van der Waals surface area contributed by atoms with Crippen LogP contribution < -0.4 is 11.3 Å². The van der Waals surface area contributed by atoms with Crippen LogP contribution in [0.3, 0.4) is 0 Å². The third-order valence-corrected chi connectivity index (χ3v) is 4.38. The van der Waals surface area contributed by atoms with E-state index in [1.165, 1.54) is 6.07 Å². The molecule has 0 spiro atoms. The van der Waals surface area contributed by atoms with E-state index < -0.39 is 0 Å². The number of thioether (sulfide) groups is 1. The van der Waals surface area contributed by atoms with Gasteiger partial charge in [0.15, 0.2) is 0 Å². The van der Waals surface area contributed by atoms with E-state index in [1.54, 1.807) is 23.9 Å². The summed E-state index contributed by atoms with van der Waals surface area (Å²) in [6.45, 7) is 4.90. The van der Waals surface area contributed by atoms with E-state index in [4.69, 9.17) is 5.84 Å². The summed E-state index contributed by atoms with van der Waals surface area (Å²) in [6.07, 6.45) is 0.799. The quantitative estimate of drug-likeness (QED) is 0.469. The summed E-state index contributed by atoms with van der Waals surface area (Å²) >= 11 is 1.59. The average Bonchev–Trinajstić information content (AvgIpc) is 2.83. The fourth-order valence-corrected chi connectivity index (χ4v) is 3.19. The highest BCUT2D eigenvalue weighted by Crippen LogP contribution is 2.20. The summed E-state index contributed by atoms with van der Waals surface area (Å²) in [4.78, 5) is 0.912. The molecule has 0 fully saturated rings. The number of hydrogen-bond acceptors (Lipinski definition) is 4. The average molecular weight is 308 g/mol. The maximum Gasteiger partial charge on any atom is 0.124 e. The van der Waals surface area contributed by atoms with E-state index >= 15 is 0 Å². The molecule has 1 heterocycles. The van der Waals surface area contributed by atoms with Crippen LogP contribution in [0.1, 0.15) is 18.3 Å². The normalized spacial score (nSPS) is 12.6. The number of benzene rings is 1. The first-order chi connectivity index (χ1) is 10.1. The Kier molecular flexibility index (Phi) is 5.78. The van der Waals surface area contributed by atoms with Crippen molar-refractivity contribution in [2.45, 2.75) is 37.8 Å². The first kappa shape index (κ1) is 16.0. The highest BCUT2D eigenvalue weighted by atomic mass is 32.2. The van der Waals surface area contributed by atoms with Crippen molar-refractivity contribution >= 4 is 11.8 Å². The van der Waals surface area contributed by atoms with Crippen molar-refractivity contribution in [2.75, 3.05) is 5.75 Å². The molecule has 0 saturated carbocycles. The highest BCUT2D eigenvalue weighted by molar-refractivity contribution is 7.99. The molecule has 0 aliphatic heterocycles. The van der Waals surface area contributed by atoms with E-state index in [2.05, 4.69) is 23.5 Å². The van der Waals surface area contributed by atoms with Crippen LogP contribution in [0.25, 0.3) is 0 Å². The molecule has 0 amide bonds. The van der Waals surface area contributed by atoms with Crippen molar-refractivity contribution < 1.29 is 4.39 Å². The predicted molar refractivity (Wildman–Crippen MR) is 84.6 cm³/mol. The number of nitrogens with zero attached hydrogens (tertiary/aromatic N) is 2. The van der Waals surface area contributed by atoms with Crippen molar-refractivity contribution in [1.82, 2.24) is 15.2 Å². The zero-order chi connectivity index (χ0) is 15.2. The highest BCUT2D eigenvalue weighted by Gasteiger charge is 2.13. The first-order valence-electron chi connectivity index (χ1n) is 7.00. The lowest BCUT2D eigenvalue weighted by Gasteiger charge is -2.16. The van der Waals surface area contributed by atoms with Crippen molar-refractivity contribution in [3.05, 3.63) is 47.5 Å². The van der Waals surface area contributed by atoms with Gasteiger partial charge in [0.2, 0.25) is 0 Å². The standard InChI is InChI=1S/C15H21FN4S/c1-3-20-14(7-11(2)19-20)9-13(18-17)10-21-15-6-4-5-12(16)8-15/h4-8,13,18H,3,9-10,17H2,1-2H3. The topological polar surface area (TPSA) is 55.9 Å². The number of hydrogen-bond donors (Lipinski definition) is 2. The lowest BCUT2D eigenvalue weighted by Crippen LogP contribution is -2.39. The maximum absolute atomic E-state index is 13.2. The number of aryl methyl sites for hydroxylation is 2. The second-order valence-corrected chi connectivity index (χ2v) is 6.02. The SMILES string of the molecule is CCn1nc(C)cc1CC(CSc1cccc(F)c1)NN. The van der Waals surface area contributed by atoms with Gasteiger partial charge in [0.1, 0.15) is 5.82 Å². The second kappa shape index (κ2) is 7.59. The van der Waals surface area contributed by atoms with Crippen molar-refractivity contribution in [3.8, 4) is 0 Å². The summed E-state index contributed by atoms with van der Waals surface area (Å²) in [5, 5.41) is 4.44. The van der Waals surface area contributed by atoms with Crippen LogP contribution in [-0.2, 0) is 13.0 Å². The van der Waals surface area contributed by atoms with Crippen LogP contribution in [-0.4, -0.2) is 21.6 Å². The summed E-state index contributed by atoms with van der Waals surface area (Å²) in [5.74, 6) is 6.21. The molecule has 1 unspecified atom stereocenters. The molecule has 0 radical (unpaired) electrons. The van der Waals surface area contributed by atoms with Crippen LogP contribution in [0.4, 0.5) is 4.39 Å². The number of halogens is 1. The van der Waals surface area contributed by atoms with Crippen LogP contribution in [0.15, 0.2) is 35.2 Å². The Balaban J connectivity index is 1.96. The molecule has 1 aromatic carbocycles. The van der Waals surface area contributed by atoms with E-state index in [0.717, 1.165) is 35.0 Å². The number of nitrogens with two attached hydrogens (primary N) is 1. The molecule has 0 bridgehead atoms. The summed E-state index contributed by atoms with van der Waals surface area (Å²) < 4.78 is 15.1. The lowest BCUT2D eigenvalue weighted by atomic mass is 10.2. The third-order valence-electron chi connectivity index (χ3n) is 3.22. The molecule has 2 aromatic rings. The van der Waals surface area contributed by atoms with Gasteiger partial charge in [-0.25, -0.2) is 4.39 Å². The predicted octanol–water partition coefficient (Wildman–Crippen LogP) is 2.52. The monoisotopic (exact) mass is 308 g/mol. The van der Waals surface area contributed by atoms with Gasteiger partial charge in [-0.05, 0) is 38.1 Å². The third kappa shape index (κ3) is 4.56. The molecule has 4 nitrogen and oxygen atoms in total. The zero-order valence-corrected chi connectivity index (χ0v) is 13.2. The van der Waals surface area contributed by atoms with E-state index in [9.17, 15) is 4.39 Å². The molecule has 6 heteroatoms. The van der Waals surface area contributed by atoms with Gasteiger partial charge in [0, 0.05) is 35.3 Å². The smallest absolute Gasteiger partial charge is 0.124 e. The van der Waals surface area contributed by atoms with Gasteiger partial charge in [-0.15, -0.1) is 11.8 Å². The van der Waals surface area contributed by atoms with Gasteiger partial charge in [-0.3, -0.25) is 16.0 Å². The number of hydrazine groups is 1. The van der Waals surface area contributed by atoms with Crippen LogP contribution in [0.5, 0.6) is 0 Å². The van der Waals surface area contributed by atoms with Crippen LogP contribution >= 0.6 is 11.8 Å². The van der Waals surface area contributed by atoms with Gasteiger partial charge in [-0.1, -0.05) is 6.07 Å². The van der Waals surface area contributed by atoms with Gasteiger partial charge in [0.25, 0.3) is 0 Å². The Morgan fingerprint density at radius 1 is 1.43 bits per heavy atom. The second-order valence-electron chi connectivity index (χ2n) is 4.93. The molecular formula is C15H21FN4S. The molecule has 0 aliphatic carbocycles. The summed E-state index contributed by atoms with van der Waals surface area (Å²) in [6, 6.07) is 8.81. The van der Waals surface area contributed by atoms with Crippen molar-refractivity contribution in [2.24, 2.45) is 5.84 Å². The maximum atomic E-state index is 13.2. The van der Waals surface area contributed by atoms with Crippen molar-refractivity contribution in [3.63, 3.8) is 0 Å². The Hall–Kier alpha value is -1.37. The van der Waals surface area contributed by atoms with Crippen LogP contribution in [0, 0.1) is 12.7 Å². The Labute approximate surface area is 128 Å². The molecule has 21 heavy (non-hydrogen) atoms. The molecule has 114 valence electrons. The zero-order valence-electron chi connectivity index (χ0n) is 12.3. The van der Waals surface area contributed by atoms with Crippen molar-refractivity contribution in [1.29, 1.82) is 0 Å². The molecule has 3 N–H and O–H groups in total. The number of nitrogens with one attached hydrogen (secondary N) is 1.